The van der Waals surface area contributed by atoms with E-state index < -0.39 is 6.29 Å². The quantitative estimate of drug-likeness (QED) is 0.145. The summed E-state index contributed by atoms with van der Waals surface area (Å²) in [6.45, 7) is 6.59. The third kappa shape index (κ3) is 8.65. The molecular formula is C42H44N2O4. The van der Waals surface area contributed by atoms with E-state index in [1.54, 1.807) is 0 Å². The molecule has 0 spiro atoms. The third-order valence-corrected chi connectivity index (χ3v) is 9.04. The van der Waals surface area contributed by atoms with E-state index in [-0.39, 0.29) is 30.6 Å². The maximum Gasteiger partial charge on any atom is 0.217 e. The first kappa shape index (κ1) is 33.3. The molecule has 5 aromatic carbocycles. The van der Waals surface area contributed by atoms with Crippen LogP contribution in [-0.2, 0) is 40.5 Å². The summed E-state index contributed by atoms with van der Waals surface area (Å²) >= 11 is 0. The molecule has 1 heterocycles. The number of hydrogen-bond donors (Lipinski definition) is 2. The molecule has 4 atom stereocenters. The van der Waals surface area contributed by atoms with Gasteiger partial charge in [0.15, 0.2) is 6.29 Å². The van der Waals surface area contributed by atoms with Crippen LogP contribution >= 0.6 is 0 Å². The molecule has 246 valence electrons. The molecule has 0 radical (unpaired) electrons. The van der Waals surface area contributed by atoms with Crippen molar-refractivity contribution in [2.45, 2.75) is 58.6 Å². The lowest BCUT2D eigenvalue weighted by atomic mass is 9.89. The Bertz CT molecular complexity index is 1700. The zero-order valence-electron chi connectivity index (χ0n) is 27.7. The smallest absolute Gasteiger partial charge is 0.217 e. The summed E-state index contributed by atoms with van der Waals surface area (Å²) in [5, 5.41) is 12.5. The number of rotatable bonds is 12. The number of nitrogens with one attached hydrogen (secondary N) is 1. The van der Waals surface area contributed by atoms with Crippen LogP contribution in [0.1, 0.15) is 59.6 Å². The Hall–Kier alpha value is -4.59. The summed E-state index contributed by atoms with van der Waals surface area (Å²) in [5.41, 5.74) is 8.64. The van der Waals surface area contributed by atoms with E-state index in [1.165, 1.54) is 18.1 Å². The lowest BCUT2D eigenvalue weighted by Gasteiger charge is -2.43. The van der Waals surface area contributed by atoms with Gasteiger partial charge < -0.3 is 19.9 Å². The SMILES string of the molecule is CC(=O)NCc1cccc(-c2ccc(C3OC(CN(Cc4ccccc4)Cc4ccccc4)C(C)C(c4ccc(CO)cc4)O3)cc2)c1. The number of amides is 1. The predicted octanol–water partition coefficient (Wildman–Crippen LogP) is 7.98. The number of aliphatic hydroxyl groups excluding tert-OH is 1. The molecule has 0 saturated carbocycles. The van der Waals surface area contributed by atoms with Crippen LogP contribution in [0.2, 0.25) is 0 Å². The lowest BCUT2D eigenvalue weighted by molar-refractivity contribution is -0.276. The van der Waals surface area contributed by atoms with Crippen LogP contribution in [0.5, 0.6) is 0 Å². The second-order valence-corrected chi connectivity index (χ2v) is 12.7. The Morgan fingerprint density at radius 1 is 0.688 bits per heavy atom. The van der Waals surface area contributed by atoms with Crippen LogP contribution in [0.25, 0.3) is 11.1 Å². The predicted molar refractivity (Wildman–Crippen MR) is 189 cm³/mol. The molecule has 0 aliphatic carbocycles. The highest BCUT2D eigenvalue weighted by Gasteiger charge is 2.39. The Balaban J connectivity index is 1.27. The van der Waals surface area contributed by atoms with Crippen molar-refractivity contribution in [1.29, 1.82) is 0 Å². The van der Waals surface area contributed by atoms with Gasteiger partial charge in [0, 0.05) is 44.6 Å². The van der Waals surface area contributed by atoms with Crippen LogP contribution in [0, 0.1) is 5.92 Å². The summed E-state index contributed by atoms with van der Waals surface area (Å²) in [6.07, 6.45) is -0.852. The first-order chi connectivity index (χ1) is 23.4. The van der Waals surface area contributed by atoms with Gasteiger partial charge in [0.25, 0.3) is 0 Å². The van der Waals surface area contributed by atoms with Crippen molar-refractivity contribution in [2.75, 3.05) is 6.54 Å². The van der Waals surface area contributed by atoms with E-state index in [1.807, 2.05) is 24.3 Å². The molecule has 6 nitrogen and oxygen atoms in total. The number of ether oxygens (including phenoxy) is 2. The van der Waals surface area contributed by atoms with E-state index >= 15 is 0 Å². The standard InChI is InChI=1S/C42H44N2O4/c1-30-40(28-44(26-32-10-5-3-6-11-32)27-33-12-7-4-8-13-33)47-42(48-41(30)37-18-16-34(29-45)17-19-37)38-22-20-36(21-23-38)39-15-9-14-35(24-39)25-43-31(2)46/h3-24,30,40-42,45H,25-29H2,1-2H3,(H,43,46). The van der Waals surface area contributed by atoms with Crippen molar-refractivity contribution in [3.63, 3.8) is 0 Å². The summed E-state index contributed by atoms with van der Waals surface area (Å²) in [4.78, 5) is 13.9. The first-order valence-electron chi connectivity index (χ1n) is 16.7. The lowest BCUT2D eigenvalue weighted by Crippen LogP contribution is -2.44. The van der Waals surface area contributed by atoms with Crippen LogP contribution < -0.4 is 5.32 Å². The largest absolute Gasteiger partial charge is 0.392 e. The Morgan fingerprint density at radius 2 is 1.29 bits per heavy atom. The van der Waals surface area contributed by atoms with Crippen LogP contribution in [-0.4, -0.2) is 28.6 Å². The third-order valence-electron chi connectivity index (χ3n) is 9.04. The minimum Gasteiger partial charge on any atom is -0.392 e. The van der Waals surface area contributed by atoms with Gasteiger partial charge in [-0.05, 0) is 45.0 Å². The molecule has 6 heteroatoms. The average molecular weight is 641 g/mol. The fourth-order valence-electron chi connectivity index (χ4n) is 6.37. The zero-order chi connectivity index (χ0) is 33.3. The van der Waals surface area contributed by atoms with E-state index in [0.717, 1.165) is 53.0 Å². The van der Waals surface area contributed by atoms with Gasteiger partial charge in [-0.2, -0.15) is 0 Å². The van der Waals surface area contributed by atoms with Crippen molar-refractivity contribution in [3.8, 4) is 11.1 Å². The second kappa shape index (κ2) is 16.0. The highest BCUT2D eigenvalue weighted by molar-refractivity contribution is 5.73. The monoisotopic (exact) mass is 640 g/mol. The van der Waals surface area contributed by atoms with Gasteiger partial charge in [-0.15, -0.1) is 0 Å². The van der Waals surface area contributed by atoms with Crippen molar-refractivity contribution >= 4 is 5.91 Å². The minimum absolute atomic E-state index is 0.00610. The maximum absolute atomic E-state index is 11.4. The van der Waals surface area contributed by atoms with Gasteiger partial charge in [-0.3, -0.25) is 9.69 Å². The fraction of sp³-hybridized carbons (Fsp3) is 0.262. The maximum atomic E-state index is 11.4. The summed E-state index contributed by atoms with van der Waals surface area (Å²) < 4.78 is 13.6. The van der Waals surface area contributed by atoms with Gasteiger partial charge in [0.1, 0.15) is 0 Å². The Kier molecular flexibility index (Phi) is 11.1. The average Bonchev–Trinajstić information content (AvgIpc) is 3.13. The first-order valence-corrected chi connectivity index (χ1v) is 16.7. The molecule has 4 unspecified atom stereocenters. The highest BCUT2D eigenvalue weighted by atomic mass is 16.7. The molecule has 1 aliphatic heterocycles. The second-order valence-electron chi connectivity index (χ2n) is 12.7. The van der Waals surface area contributed by atoms with Crippen LogP contribution in [0.15, 0.2) is 133 Å². The van der Waals surface area contributed by atoms with E-state index in [9.17, 15) is 9.90 Å². The van der Waals surface area contributed by atoms with Crippen molar-refractivity contribution in [1.82, 2.24) is 10.2 Å². The topological polar surface area (TPSA) is 71.0 Å². The normalized spacial score (nSPS) is 19.2. The summed E-state index contributed by atoms with van der Waals surface area (Å²) in [6, 6.07) is 45.9. The molecule has 2 N–H and O–H groups in total. The number of aliphatic hydroxyl groups is 1. The van der Waals surface area contributed by atoms with E-state index in [0.29, 0.717) is 6.54 Å². The van der Waals surface area contributed by atoms with Crippen LogP contribution in [0.3, 0.4) is 0 Å². The molecule has 1 aliphatic rings. The zero-order valence-corrected chi connectivity index (χ0v) is 27.7. The molecule has 6 rings (SSSR count). The minimum atomic E-state index is -0.552. The van der Waals surface area contributed by atoms with E-state index in [4.69, 9.17) is 9.47 Å². The number of carbonyl (C=O) groups is 1. The van der Waals surface area contributed by atoms with Crippen LogP contribution in [0.4, 0.5) is 0 Å². The molecule has 1 saturated heterocycles. The van der Waals surface area contributed by atoms with Crippen molar-refractivity contribution in [3.05, 3.63) is 167 Å². The van der Waals surface area contributed by atoms with Gasteiger partial charge in [-0.1, -0.05) is 134 Å². The van der Waals surface area contributed by atoms with E-state index in [2.05, 4.69) is 126 Å². The molecule has 48 heavy (non-hydrogen) atoms. The number of benzene rings is 5. The molecule has 5 aromatic rings. The van der Waals surface area contributed by atoms with Gasteiger partial charge in [0.05, 0.1) is 18.8 Å². The van der Waals surface area contributed by atoms with Gasteiger partial charge >= 0.3 is 0 Å². The highest BCUT2D eigenvalue weighted by Crippen LogP contribution is 2.42. The summed E-state index contributed by atoms with van der Waals surface area (Å²) in [5.74, 6) is 0.0247. The Morgan fingerprint density at radius 3 is 1.90 bits per heavy atom. The molecule has 0 bridgehead atoms. The van der Waals surface area contributed by atoms with Gasteiger partial charge in [0.2, 0.25) is 5.91 Å². The summed E-state index contributed by atoms with van der Waals surface area (Å²) in [7, 11) is 0. The molecule has 1 fully saturated rings. The number of carbonyl (C=O) groups excluding carboxylic acids is 1. The van der Waals surface area contributed by atoms with Crippen molar-refractivity contribution < 1.29 is 19.4 Å². The van der Waals surface area contributed by atoms with Crippen molar-refractivity contribution in [2.24, 2.45) is 5.92 Å². The molecule has 0 aromatic heterocycles. The Labute approximate surface area is 284 Å². The number of nitrogens with zero attached hydrogens (tertiary/aromatic N) is 1. The molecular weight excluding hydrogens is 596 g/mol. The number of hydrogen-bond acceptors (Lipinski definition) is 5. The fourth-order valence-corrected chi connectivity index (χ4v) is 6.37. The van der Waals surface area contributed by atoms with Gasteiger partial charge in [-0.25, -0.2) is 0 Å². The molecule has 1 amide bonds.